The Hall–Kier alpha value is -2.27. The summed E-state index contributed by atoms with van der Waals surface area (Å²) in [5.74, 6) is 0.841. The van der Waals surface area contributed by atoms with Crippen LogP contribution in [-0.4, -0.2) is 24.6 Å². The number of rotatable bonds is 3. The van der Waals surface area contributed by atoms with Crippen molar-refractivity contribution < 1.29 is 5.11 Å². The summed E-state index contributed by atoms with van der Waals surface area (Å²) < 4.78 is 1.90. The van der Waals surface area contributed by atoms with Crippen molar-refractivity contribution >= 4 is 11.0 Å². The molecule has 0 aliphatic heterocycles. The van der Waals surface area contributed by atoms with E-state index in [1.165, 1.54) is 0 Å². The number of imidazole rings is 1. The third-order valence-corrected chi connectivity index (χ3v) is 3.19. The molecule has 0 aliphatic carbocycles. The van der Waals surface area contributed by atoms with Crippen LogP contribution in [0.5, 0.6) is 0 Å². The van der Waals surface area contributed by atoms with Gasteiger partial charge in [0, 0.05) is 43.8 Å². The summed E-state index contributed by atoms with van der Waals surface area (Å²) in [7, 11) is 1.91. The molecule has 0 aliphatic rings. The van der Waals surface area contributed by atoms with Crippen LogP contribution in [0.3, 0.4) is 0 Å². The molecule has 0 amide bonds. The minimum atomic E-state index is -0.638. The predicted octanol–water partition coefficient (Wildman–Crippen LogP) is 1.64. The maximum Gasteiger partial charge on any atom is 0.111 e. The van der Waals surface area contributed by atoms with Gasteiger partial charge in [0.15, 0.2) is 0 Å². The second kappa shape index (κ2) is 4.78. The molecule has 2 heterocycles. The molecule has 0 saturated carbocycles. The molecule has 96 valence electrons. The monoisotopic (exact) mass is 254 g/mol. The van der Waals surface area contributed by atoms with Gasteiger partial charge >= 0.3 is 0 Å². The van der Waals surface area contributed by atoms with Gasteiger partial charge in [-0.15, -0.1) is 0 Å². The van der Waals surface area contributed by atoms with E-state index >= 15 is 0 Å². The third kappa shape index (κ3) is 2.20. The number of para-hydroxylation sites is 1. The van der Waals surface area contributed by atoms with E-state index in [0.29, 0.717) is 6.42 Å². The van der Waals surface area contributed by atoms with Crippen LogP contribution in [0, 0.1) is 0 Å². The lowest BCUT2D eigenvalue weighted by Crippen LogP contribution is -2.07. The summed E-state index contributed by atoms with van der Waals surface area (Å²) in [6.45, 7) is 0. The number of hydrogen-bond acceptors (Lipinski definition) is 4. The van der Waals surface area contributed by atoms with Gasteiger partial charge < -0.3 is 9.67 Å². The zero-order valence-corrected chi connectivity index (χ0v) is 10.6. The summed E-state index contributed by atoms with van der Waals surface area (Å²) in [5, 5.41) is 10.4. The van der Waals surface area contributed by atoms with E-state index in [2.05, 4.69) is 15.0 Å². The van der Waals surface area contributed by atoms with Crippen LogP contribution < -0.4 is 0 Å². The first kappa shape index (κ1) is 11.8. The largest absolute Gasteiger partial charge is 0.388 e. The molecule has 0 radical (unpaired) electrons. The van der Waals surface area contributed by atoms with Crippen molar-refractivity contribution in [2.45, 2.75) is 12.5 Å². The highest BCUT2D eigenvalue weighted by atomic mass is 16.3. The van der Waals surface area contributed by atoms with Gasteiger partial charge in [-0.1, -0.05) is 12.1 Å². The molecule has 1 N–H and O–H groups in total. The van der Waals surface area contributed by atoms with E-state index in [0.717, 1.165) is 22.4 Å². The van der Waals surface area contributed by atoms with Crippen LogP contribution in [0.1, 0.15) is 17.5 Å². The van der Waals surface area contributed by atoms with E-state index in [4.69, 9.17) is 0 Å². The molecular formula is C14H14N4O. The van der Waals surface area contributed by atoms with Gasteiger partial charge in [0.05, 0.1) is 17.1 Å². The van der Waals surface area contributed by atoms with Gasteiger partial charge in [0.25, 0.3) is 0 Å². The van der Waals surface area contributed by atoms with E-state index < -0.39 is 6.10 Å². The van der Waals surface area contributed by atoms with Gasteiger partial charge in [-0.3, -0.25) is 9.97 Å². The molecular weight excluding hydrogens is 240 g/mol. The van der Waals surface area contributed by atoms with Crippen molar-refractivity contribution in [3.05, 3.63) is 54.4 Å². The second-order valence-corrected chi connectivity index (χ2v) is 4.45. The van der Waals surface area contributed by atoms with Crippen molar-refractivity contribution in [2.75, 3.05) is 0 Å². The van der Waals surface area contributed by atoms with Crippen LogP contribution in [0.4, 0.5) is 0 Å². The quantitative estimate of drug-likeness (QED) is 0.771. The van der Waals surface area contributed by atoms with Crippen molar-refractivity contribution in [3.8, 4) is 0 Å². The fourth-order valence-electron chi connectivity index (χ4n) is 2.16. The van der Waals surface area contributed by atoms with Crippen molar-refractivity contribution in [3.63, 3.8) is 0 Å². The molecule has 19 heavy (non-hydrogen) atoms. The van der Waals surface area contributed by atoms with Crippen LogP contribution in [0.15, 0.2) is 43.0 Å². The van der Waals surface area contributed by atoms with E-state index in [1.54, 1.807) is 18.6 Å². The van der Waals surface area contributed by atoms with Crippen LogP contribution >= 0.6 is 0 Å². The van der Waals surface area contributed by atoms with E-state index in [9.17, 15) is 5.11 Å². The molecule has 0 fully saturated rings. The molecule has 0 saturated heterocycles. The molecule has 1 unspecified atom stereocenters. The highest BCUT2D eigenvalue weighted by Gasteiger charge is 2.15. The smallest absolute Gasteiger partial charge is 0.111 e. The summed E-state index contributed by atoms with van der Waals surface area (Å²) in [4.78, 5) is 12.8. The highest BCUT2D eigenvalue weighted by molar-refractivity contribution is 5.77. The average Bonchev–Trinajstić information content (AvgIpc) is 2.83. The number of nitrogens with zero attached hydrogens (tertiary/aromatic N) is 4. The molecule has 0 bridgehead atoms. The van der Waals surface area contributed by atoms with Gasteiger partial charge in [0.2, 0.25) is 0 Å². The summed E-state index contributed by atoms with van der Waals surface area (Å²) >= 11 is 0. The Morgan fingerprint density at radius 2 is 2.00 bits per heavy atom. The van der Waals surface area contributed by atoms with Crippen molar-refractivity contribution in [2.24, 2.45) is 7.05 Å². The Morgan fingerprint density at radius 3 is 2.79 bits per heavy atom. The fraction of sp³-hybridized carbons (Fsp3) is 0.214. The molecule has 3 rings (SSSR count). The number of hydrogen-bond donors (Lipinski definition) is 1. The topological polar surface area (TPSA) is 63.8 Å². The maximum atomic E-state index is 10.4. The number of aliphatic hydroxyl groups excluding tert-OH is 1. The van der Waals surface area contributed by atoms with Gasteiger partial charge in [-0.2, -0.15) is 0 Å². The number of aliphatic hydroxyl groups is 1. The lowest BCUT2D eigenvalue weighted by molar-refractivity contribution is 0.176. The van der Waals surface area contributed by atoms with Crippen molar-refractivity contribution in [1.82, 2.24) is 19.5 Å². The van der Waals surface area contributed by atoms with E-state index in [-0.39, 0.29) is 0 Å². The lowest BCUT2D eigenvalue weighted by atomic mass is 10.0. The van der Waals surface area contributed by atoms with Crippen LogP contribution in [0.2, 0.25) is 0 Å². The number of aromatic nitrogens is 4. The summed E-state index contributed by atoms with van der Waals surface area (Å²) in [5.41, 5.74) is 2.32. The average molecular weight is 254 g/mol. The summed E-state index contributed by atoms with van der Waals surface area (Å²) in [6.07, 6.45) is 6.70. The predicted molar refractivity (Wildman–Crippen MR) is 71.4 cm³/mol. The fourth-order valence-corrected chi connectivity index (χ4v) is 2.16. The first-order chi connectivity index (χ1) is 9.25. The highest BCUT2D eigenvalue weighted by Crippen LogP contribution is 2.23. The minimum absolute atomic E-state index is 0.458. The van der Waals surface area contributed by atoms with Crippen LogP contribution in [-0.2, 0) is 13.5 Å². The molecule has 5 heteroatoms. The van der Waals surface area contributed by atoms with Crippen molar-refractivity contribution in [1.29, 1.82) is 0 Å². The number of aryl methyl sites for hydroxylation is 1. The molecule has 1 atom stereocenters. The standard InChI is InChI=1S/C14H14N4O/c1-18-8-7-16-13(18)9-12(19)10-3-2-4-11-14(10)17-6-5-15-11/h2-8,12,19H,9H2,1H3. The minimum Gasteiger partial charge on any atom is -0.388 e. The molecule has 5 nitrogen and oxygen atoms in total. The first-order valence-electron chi connectivity index (χ1n) is 6.09. The molecule has 3 aromatic rings. The molecule has 0 spiro atoms. The second-order valence-electron chi connectivity index (χ2n) is 4.45. The number of benzene rings is 1. The third-order valence-electron chi connectivity index (χ3n) is 3.19. The molecule has 1 aromatic carbocycles. The zero-order valence-electron chi connectivity index (χ0n) is 10.6. The Labute approximate surface area is 110 Å². The van der Waals surface area contributed by atoms with Gasteiger partial charge in [0.1, 0.15) is 5.82 Å². The Morgan fingerprint density at radius 1 is 1.16 bits per heavy atom. The molecule has 2 aromatic heterocycles. The Balaban J connectivity index is 1.98. The van der Waals surface area contributed by atoms with Gasteiger partial charge in [-0.05, 0) is 6.07 Å². The summed E-state index contributed by atoms with van der Waals surface area (Å²) in [6, 6.07) is 5.65. The Bertz CT molecular complexity index is 702. The Kier molecular flexibility index (Phi) is 2.97. The first-order valence-corrected chi connectivity index (χ1v) is 6.09. The SMILES string of the molecule is Cn1ccnc1CC(O)c1cccc2nccnc12. The van der Waals surface area contributed by atoms with Crippen LogP contribution in [0.25, 0.3) is 11.0 Å². The lowest BCUT2D eigenvalue weighted by Gasteiger charge is -2.12. The van der Waals surface area contributed by atoms with Gasteiger partial charge in [-0.25, -0.2) is 4.98 Å². The number of fused-ring (bicyclic) bond motifs is 1. The van der Waals surface area contributed by atoms with E-state index in [1.807, 2.05) is 36.0 Å². The maximum absolute atomic E-state index is 10.4. The normalized spacial score (nSPS) is 12.7. The zero-order chi connectivity index (χ0) is 13.2.